The number of unbranched alkanes of at least 4 members (excludes halogenated alkanes) is 3. The van der Waals surface area contributed by atoms with Crippen molar-refractivity contribution in [2.75, 3.05) is 11.5 Å². The molecule has 0 spiro atoms. The van der Waals surface area contributed by atoms with Gasteiger partial charge in [0.15, 0.2) is 5.17 Å². The normalized spacial score (nSPS) is 17.4. The van der Waals surface area contributed by atoms with E-state index >= 15 is 0 Å². The lowest BCUT2D eigenvalue weighted by atomic mass is 10.2. The maximum atomic E-state index is 12.4. The first-order chi connectivity index (χ1) is 10.5. The van der Waals surface area contributed by atoms with Crippen LogP contribution >= 0.6 is 11.8 Å². The number of sulfonamides is 1. The van der Waals surface area contributed by atoms with Gasteiger partial charge in [0.25, 0.3) is 5.91 Å². The van der Waals surface area contributed by atoms with Crippen LogP contribution in [0.1, 0.15) is 32.6 Å². The monoisotopic (exact) mass is 340 g/mol. The third kappa shape index (κ3) is 4.33. The predicted molar refractivity (Wildman–Crippen MR) is 90.8 cm³/mol. The second-order valence-corrected chi connectivity index (χ2v) is 7.93. The third-order valence-corrected chi connectivity index (χ3v) is 6.02. The van der Waals surface area contributed by atoms with E-state index in [-0.39, 0.29) is 16.7 Å². The van der Waals surface area contributed by atoms with Gasteiger partial charge in [-0.25, -0.2) is 13.4 Å². The number of hydrogen-bond acceptors (Lipinski definition) is 5. The van der Waals surface area contributed by atoms with Crippen molar-refractivity contribution in [2.24, 2.45) is 4.99 Å². The number of benzene rings is 1. The quantitative estimate of drug-likeness (QED) is 0.715. The van der Waals surface area contributed by atoms with E-state index in [1.54, 1.807) is 12.1 Å². The van der Waals surface area contributed by atoms with Crippen molar-refractivity contribution in [1.82, 2.24) is 4.31 Å². The highest BCUT2D eigenvalue weighted by molar-refractivity contribution is 8.16. The number of rotatable bonds is 7. The standard InChI is InChI=1S/C15H20N2O3S2/c1-2-3-4-8-11-22(19,20)17-14(18)12-21-15(17)16-13-9-6-5-7-10-13/h5-7,9-10H,2-4,8,11-12H2,1H3. The first-order valence-electron chi connectivity index (χ1n) is 7.37. The SMILES string of the molecule is CCCCCCS(=O)(=O)N1C(=O)CSC1=Nc1ccccc1. The van der Waals surface area contributed by atoms with Gasteiger partial charge in [0.1, 0.15) is 0 Å². The molecule has 22 heavy (non-hydrogen) atoms. The Kier molecular flexibility index (Phi) is 6.02. The zero-order chi connectivity index (χ0) is 16.0. The molecular weight excluding hydrogens is 320 g/mol. The number of hydrogen-bond donors (Lipinski definition) is 0. The molecule has 120 valence electrons. The van der Waals surface area contributed by atoms with Gasteiger partial charge in [-0.15, -0.1) is 0 Å². The molecule has 0 N–H and O–H groups in total. The summed E-state index contributed by atoms with van der Waals surface area (Å²) >= 11 is 1.17. The molecule has 1 aliphatic rings. The van der Waals surface area contributed by atoms with Crippen molar-refractivity contribution in [3.8, 4) is 0 Å². The number of para-hydroxylation sites is 1. The van der Waals surface area contributed by atoms with Gasteiger partial charge in [0.05, 0.1) is 17.2 Å². The molecule has 1 heterocycles. The molecule has 1 amide bonds. The smallest absolute Gasteiger partial charge is 0.252 e. The summed E-state index contributed by atoms with van der Waals surface area (Å²) < 4.78 is 25.7. The van der Waals surface area contributed by atoms with E-state index in [9.17, 15) is 13.2 Å². The fourth-order valence-corrected chi connectivity index (χ4v) is 4.87. The molecule has 0 aromatic heterocycles. The third-order valence-electron chi connectivity index (χ3n) is 3.24. The lowest BCUT2D eigenvalue weighted by Crippen LogP contribution is -2.37. The number of carbonyl (C=O) groups is 1. The van der Waals surface area contributed by atoms with Crippen LogP contribution in [0.4, 0.5) is 5.69 Å². The predicted octanol–water partition coefficient (Wildman–Crippen LogP) is 3.16. The zero-order valence-corrected chi connectivity index (χ0v) is 14.2. The minimum absolute atomic E-state index is 0.00684. The summed E-state index contributed by atoms with van der Waals surface area (Å²) in [5.41, 5.74) is 0.644. The molecule has 0 radical (unpaired) electrons. The molecule has 1 fully saturated rings. The van der Waals surface area contributed by atoms with Crippen molar-refractivity contribution in [1.29, 1.82) is 0 Å². The fourth-order valence-electron chi connectivity index (χ4n) is 2.12. The Morgan fingerprint density at radius 3 is 2.59 bits per heavy atom. The highest BCUT2D eigenvalue weighted by atomic mass is 32.2. The number of amidine groups is 1. The maximum Gasteiger partial charge on any atom is 0.252 e. The van der Waals surface area contributed by atoms with Crippen LogP contribution in [0.15, 0.2) is 35.3 Å². The lowest BCUT2D eigenvalue weighted by Gasteiger charge is -2.16. The van der Waals surface area contributed by atoms with Crippen molar-refractivity contribution >= 4 is 38.5 Å². The molecular formula is C15H20N2O3S2. The van der Waals surface area contributed by atoms with E-state index in [1.165, 1.54) is 11.8 Å². The number of nitrogens with zero attached hydrogens (tertiary/aromatic N) is 2. The summed E-state index contributed by atoms with van der Waals surface area (Å²) in [5, 5.41) is 0.256. The lowest BCUT2D eigenvalue weighted by molar-refractivity contribution is -0.120. The van der Waals surface area contributed by atoms with E-state index in [1.807, 2.05) is 18.2 Å². The molecule has 0 aliphatic carbocycles. The van der Waals surface area contributed by atoms with Crippen LogP contribution in [0.3, 0.4) is 0 Å². The fraction of sp³-hybridized carbons (Fsp3) is 0.467. The molecule has 7 heteroatoms. The second kappa shape index (κ2) is 7.78. The summed E-state index contributed by atoms with van der Waals surface area (Å²) in [4.78, 5) is 16.3. The van der Waals surface area contributed by atoms with E-state index in [0.717, 1.165) is 23.6 Å². The zero-order valence-electron chi connectivity index (χ0n) is 12.6. The molecule has 1 aromatic carbocycles. The van der Waals surface area contributed by atoms with Crippen LogP contribution in [-0.4, -0.2) is 35.3 Å². The summed E-state index contributed by atoms with van der Waals surface area (Å²) in [5.74, 6) is -0.289. The van der Waals surface area contributed by atoms with Crippen LogP contribution in [0.5, 0.6) is 0 Å². The van der Waals surface area contributed by atoms with Gasteiger partial charge in [-0.3, -0.25) is 4.79 Å². The van der Waals surface area contributed by atoms with Crippen molar-refractivity contribution in [3.05, 3.63) is 30.3 Å². The van der Waals surface area contributed by atoms with Crippen molar-refractivity contribution in [2.45, 2.75) is 32.6 Å². The molecule has 2 rings (SSSR count). The second-order valence-electron chi connectivity index (χ2n) is 5.05. The summed E-state index contributed by atoms with van der Waals surface area (Å²) in [7, 11) is -3.63. The molecule has 1 saturated heterocycles. The van der Waals surface area contributed by atoms with Gasteiger partial charge >= 0.3 is 0 Å². The van der Waals surface area contributed by atoms with Crippen LogP contribution in [0, 0.1) is 0 Å². The Bertz CT molecular complexity index is 642. The average Bonchev–Trinajstić information content (AvgIpc) is 2.86. The molecule has 1 aromatic rings. The molecule has 0 bridgehead atoms. The van der Waals surface area contributed by atoms with E-state index in [0.29, 0.717) is 12.1 Å². The molecule has 1 aliphatic heterocycles. The number of aliphatic imine (C=N–C) groups is 1. The Morgan fingerprint density at radius 2 is 1.91 bits per heavy atom. The van der Waals surface area contributed by atoms with Crippen molar-refractivity contribution < 1.29 is 13.2 Å². The van der Waals surface area contributed by atoms with Gasteiger partial charge in [-0.05, 0) is 18.6 Å². The minimum atomic E-state index is -3.63. The van der Waals surface area contributed by atoms with Gasteiger partial charge in [0.2, 0.25) is 10.0 Å². The Labute approximate surface area is 135 Å². The molecule has 0 unspecified atom stereocenters. The first kappa shape index (κ1) is 17.0. The van der Waals surface area contributed by atoms with Crippen LogP contribution in [0.25, 0.3) is 0 Å². The average molecular weight is 340 g/mol. The van der Waals surface area contributed by atoms with Gasteiger partial charge in [0, 0.05) is 0 Å². The summed E-state index contributed by atoms with van der Waals surface area (Å²) in [6.45, 7) is 2.07. The van der Waals surface area contributed by atoms with E-state index in [4.69, 9.17) is 0 Å². The van der Waals surface area contributed by atoms with Gasteiger partial charge in [-0.2, -0.15) is 4.31 Å². The van der Waals surface area contributed by atoms with Gasteiger partial charge < -0.3 is 0 Å². The highest BCUT2D eigenvalue weighted by Crippen LogP contribution is 2.26. The number of amides is 1. The largest absolute Gasteiger partial charge is 0.272 e. The highest BCUT2D eigenvalue weighted by Gasteiger charge is 2.37. The van der Waals surface area contributed by atoms with Crippen LogP contribution in [-0.2, 0) is 14.8 Å². The maximum absolute atomic E-state index is 12.4. The molecule has 0 saturated carbocycles. The minimum Gasteiger partial charge on any atom is -0.272 e. The topological polar surface area (TPSA) is 66.8 Å². The Balaban J connectivity index is 2.15. The molecule has 0 atom stereocenters. The van der Waals surface area contributed by atoms with E-state index < -0.39 is 15.9 Å². The number of carbonyl (C=O) groups excluding carboxylic acids is 1. The Morgan fingerprint density at radius 1 is 1.18 bits per heavy atom. The van der Waals surface area contributed by atoms with Crippen molar-refractivity contribution in [3.63, 3.8) is 0 Å². The summed E-state index contributed by atoms with van der Waals surface area (Å²) in [6, 6.07) is 9.07. The van der Waals surface area contributed by atoms with E-state index in [2.05, 4.69) is 11.9 Å². The first-order valence-corrected chi connectivity index (χ1v) is 9.96. The van der Waals surface area contributed by atoms with Crippen LogP contribution < -0.4 is 0 Å². The Hall–Kier alpha value is -1.34. The summed E-state index contributed by atoms with van der Waals surface area (Å²) in [6.07, 6.45) is 3.47. The number of thioether (sulfide) groups is 1. The van der Waals surface area contributed by atoms with Crippen LogP contribution in [0.2, 0.25) is 0 Å². The van der Waals surface area contributed by atoms with Gasteiger partial charge in [-0.1, -0.05) is 56.1 Å². The molecule has 5 nitrogen and oxygen atoms in total.